The van der Waals surface area contributed by atoms with Crippen LogP contribution < -0.4 is 4.90 Å². The molecule has 1 aromatic carbocycles. The fourth-order valence-electron chi connectivity index (χ4n) is 2.23. The van der Waals surface area contributed by atoms with Gasteiger partial charge in [0.15, 0.2) is 0 Å². The Kier molecular flexibility index (Phi) is 4.71. The van der Waals surface area contributed by atoms with E-state index < -0.39 is 11.7 Å². The summed E-state index contributed by atoms with van der Waals surface area (Å²) in [5.41, 5.74) is 0.424. The van der Waals surface area contributed by atoms with Gasteiger partial charge in [-0.25, -0.2) is 0 Å². The van der Waals surface area contributed by atoms with Gasteiger partial charge in [-0.05, 0) is 24.6 Å². The molecule has 1 aliphatic rings. The molecule has 106 valence electrons. The lowest BCUT2D eigenvalue weighted by Gasteiger charge is -2.35. The van der Waals surface area contributed by atoms with Gasteiger partial charge in [-0.1, -0.05) is 22.0 Å². The first-order valence-electron chi connectivity index (χ1n) is 6.04. The summed E-state index contributed by atoms with van der Waals surface area (Å²) in [6, 6.07) is 4.91. The Balaban J connectivity index is 2.37. The summed E-state index contributed by atoms with van der Waals surface area (Å²) in [6.45, 7) is 2.86. The predicted octanol–water partition coefficient (Wildman–Crippen LogP) is 4.54. The summed E-state index contributed by atoms with van der Waals surface area (Å²) in [7, 11) is 0. The maximum absolute atomic E-state index is 13.0. The molecule has 1 nitrogen and oxygen atoms in total. The summed E-state index contributed by atoms with van der Waals surface area (Å²) in [4.78, 5) is 2.06. The van der Waals surface area contributed by atoms with Crippen LogP contribution in [0, 0.1) is 0 Å². The van der Waals surface area contributed by atoms with Crippen LogP contribution in [0.15, 0.2) is 18.2 Å². The molecule has 1 aromatic rings. The maximum atomic E-state index is 13.0. The van der Waals surface area contributed by atoms with E-state index in [1.165, 1.54) is 6.07 Å². The quantitative estimate of drug-likeness (QED) is 0.718. The summed E-state index contributed by atoms with van der Waals surface area (Å²) in [5, 5.41) is 0.216. The van der Waals surface area contributed by atoms with Crippen molar-refractivity contribution in [2.75, 3.05) is 23.0 Å². The molecule has 1 unspecified atom stereocenters. The largest absolute Gasteiger partial charge is 0.416 e. The highest BCUT2D eigenvalue weighted by molar-refractivity contribution is 9.08. The molecule has 0 saturated carbocycles. The highest BCUT2D eigenvalue weighted by atomic mass is 79.9. The lowest BCUT2D eigenvalue weighted by Crippen LogP contribution is -2.40. The molecular weight excluding hydrogens is 339 g/mol. The molecule has 0 N–H and O–H groups in total. The van der Waals surface area contributed by atoms with Gasteiger partial charge in [0, 0.05) is 35.1 Å². The Hall–Kier alpha value is -0.360. The fraction of sp³-hybridized carbons (Fsp3) is 0.538. The molecule has 1 atom stereocenters. The number of thioether (sulfide) groups is 1. The smallest absolute Gasteiger partial charge is 0.367 e. The van der Waals surface area contributed by atoms with Gasteiger partial charge < -0.3 is 4.90 Å². The molecule has 1 aliphatic heterocycles. The molecule has 1 saturated heterocycles. The monoisotopic (exact) mass is 353 g/mol. The van der Waals surface area contributed by atoms with Gasteiger partial charge in [-0.15, -0.1) is 0 Å². The molecule has 0 bridgehead atoms. The van der Waals surface area contributed by atoms with Crippen molar-refractivity contribution in [2.45, 2.75) is 24.5 Å². The van der Waals surface area contributed by atoms with E-state index in [9.17, 15) is 13.2 Å². The standard InChI is InChI=1S/C13H15BrF3NS/c1-9-8-19-5-4-18(9)11-3-2-10(7-14)12(6-11)13(15,16)17/h2-3,6,9H,4-5,7-8H2,1H3. The van der Waals surface area contributed by atoms with Crippen molar-refractivity contribution in [3.63, 3.8) is 0 Å². The van der Waals surface area contributed by atoms with Crippen molar-refractivity contribution in [1.29, 1.82) is 0 Å². The summed E-state index contributed by atoms with van der Waals surface area (Å²) < 4.78 is 39.1. The van der Waals surface area contributed by atoms with E-state index >= 15 is 0 Å². The van der Waals surface area contributed by atoms with Crippen molar-refractivity contribution in [3.8, 4) is 0 Å². The molecule has 6 heteroatoms. The predicted molar refractivity (Wildman–Crippen MR) is 78.2 cm³/mol. The zero-order valence-electron chi connectivity index (χ0n) is 10.5. The van der Waals surface area contributed by atoms with E-state index in [0.29, 0.717) is 5.69 Å². The summed E-state index contributed by atoms with van der Waals surface area (Å²) in [6.07, 6.45) is -4.30. The van der Waals surface area contributed by atoms with E-state index in [0.717, 1.165) is 18.1 Å². The number of anilines is 1. The van der Waals surface area contributed by atoms with Gasteiger partial charge in [0.25, 0.3) is 0 Å². The van der Waals surface area contributed by atoms with Crippen LogP contribution >= 0.6 is 27.7 Å². The Morgan fingerprint density at radius 3 is 2.74 bits per heavy atom. The van der Waals surface area contributed by atoms with E-state index in [1.807, 2.05) is 11.8 Å². The Morgan fingerprint density at radius 2 is 2.16 bits per heavy atom. The first kappa shape index (κ1) is 15.0. The van der Waals surface area contributed by atoms with Crippen molar-refractivity contribution in [2.24, 2.45) is 0 Å². The molecule has 0 spiro atoms. The van der Waals surface area contributed by atoms with Crippen LogP contribution in [0.4, 0.5) is 18.9 Å². The van der Waals surface area contributed by atoms with Crippen molar-refractivity contribution in [3.05, 3.63) is 29.3 Å². The highest BCUT2D eigenvalue weighted by Gasteiger charge is 2.34. The van der Waals surface area contributed by atoms with Gasteiger partial charge >= 0.3 is 6.18 Å². The first-order valence-corrected chi connectivity index (χ1v) is 8.31. The number of rotatable bonds is 2. The number of hydrogen-bond donors (Lipinski definition) is 0. The fourth-order valence-corrected chi connectivity index (χ4v) is 3.74. The average molecular weight is 354 g/mol. The molecule has 1 fully saturated rings. The maximum Gasteiger partial charge on any atom is 0.416 e. The van der Waals surface area contributed by atoms with Crippen molar-refractivity contribution < 1.29 is 13.2 Å². The van der Waals surface area contributed by atoms with Gasteiger partial charge in [-0.3, -0.25) is 0 Å². The second kappa shape index (κ2) is 5.95. The number of hydrogen-bond acceptors (Lipinski definition) is 2. The minimum atomic E-state index is -4.30. The normalized spacial score (nSPS) is 20.7. The van der Waals surface area contributed by atoms with Crippen LogP contribution in [0.1, 0.15) is 18.1 Å². The minimum Gasteiger partial charge on any atom is -0.367 e. The van der Waals surface area contributed by atoms with E-state index in [4.69, 9.17) is 0 Å². The van der Waals surface area contributed by atoms with Crippen LogP contribution in [-0.4, -0.2) is 24.1 Å². The number of nitrogens with zero attached hydrogens (tertiary/aromatic N) is 1. The van der Waals surface area contributed by atoms with Crippen LogP contribution in [-0.2, 0) is 11.5 Å². The van der Waals surface area contributed by atoms with Gasteiger partial charge in [0.1, 0.15) is 0 Å². The zero-order chi connectivity index (χ0) is 14.0. The number of alkyl halides is 4. The highest BCUT2D eigenvalue weighted by Crippen LogP contribution is 2.36. The van der Waals surface area contributed by atoms with E-state index in [1.54, 1.807) is 12.1 Å². The number of halogens is 4. The lowest BCUT2D eigenvalue weighted by molar-refractivity contribution is -0.138. The Labute approximate surface area is 123 Å². The summed E-state index contributed by atoms with van der Waals surface area (Å²) >= 11 is 4.96. The Morgan fingerprint density at radius 1 is 1.42 bits per heavy atom. The third-order valence-corrected chi connectivity index (χ3v) is 5.04. The third-order valence-electron chi connectivity index (χ3n) is 3.24. The van der Waals surface area contributed by atoms with Crippen LogP contribution in [0.25, 0.3) is 0 Å². The van der Waals surface area contributed by atoms with Crippen molar-refractivity contribution in [1.82, 2.24) is 0 Å². The average Bonchev–Trinajstić information content (AvgIpc) is 2.37. The Bertz CT molecular complexity index is 450. The van der Waals surface area contributed by atoms with Gasteiger partial charge in [0.05, 0.1) is 5.56 Å². The second-order valence-corrected chi connectivity index (χ2v) is 6.30. The molecule has 1 heterocycles. The molecule has 19 heavy (non-hydrogen) atoms. The van der Waals surface area contributed by atoms with Crippen molar-refractivity contribution >= 4 is 33.4 Å². The molecule has 0 aromatic heterocycles. The number of benzene rings is 1. The van der Waals surface area contributed by atoms with Crippen LogP contribution in [0.5, 0.6) is 0 Å². The topological polar surface area (TPSA) is 3.24 Å². The molecule has 0 radical (unpaired) electrons. The molecular formula is C13H15BrF3NS. The van der Waals surface area contributed by atoms with E-state index in [2.05, 4.69) is 27.8 Å². The summed E-state index contributed by atoms with van der Waals surface area (Å²) in [5.74, 6) is 1.92. The SMILES string of the molecule is CC1CSCCN1c1ccc(CBr)c(C(F)(F)F)c1. The van der Waals surface area contributed by atoms with Crippen LogP contribution in [0.3, 0.4) is 0 Å². The molecule has 0 aliphatic carbocycles. The van der Waals surface area contributed by atoms with Gasteiger partial charge in [-0.2, -0.15) is 24.9 Å². The second-order valence-electron chi connectivity index (χ2n) is 4.59. The van der Waals surface area contributed by atoms with E-state index in [-0.39, 0.29) is 16.9 Å². The zero-order valence-corrected chi connectivity index (χ0v) is 12.9. The third kappa shape index (κ3) is 3.40. The van der Waals surface area contributed by atoms with Gasteiger partial charge in [0.2, 0.25) is 0 Å². The first-order chi connectivity index (χ1) is 8.93. The van der Waals surface area contributed by atoms with Crippen LogP contribution in [0.2, 0.25) is 0 Å². The molecule has 2 rings (SSSR count). The lowest BCUT2D eigenvalue weighted by atomic mass is 10.1. The molecule has 0 amide bonds. The minimum absolute atomic E-state index is 0.216.